The first-order valence-corrected chi connectivity index (χ1v) is 6.74. The van der Waals surface area contributed by atoms with Gasteiger partial charge in [-0.3, -0.25) is 9.88 Å². The second-order valence-electron chi connectivity index (χ2n) is 4.50. The quantitative estimate of drug-likeness (QED) is 0.808. The zero-order valence-electron chi connectivity index (χ0n) is 11.2. The third-order valence-electron chi connectivity index (χ3n) is 1.79. The van der Waals surface area contributed by atoms with Crippen molar-refractivity contribution in [3.8, 4) is 0 Å². The van der Waals surface area contributed by atoms with Gasteiger partial charge in [-0.05, 0) is 20.8 Å². The number of hydrogen-bond donors (Lipinski definition) is 1. The highest BCUT2D eigenvalue weighted by Crippen LogP contribution is 2.55. The van der Waals surface area contributed by atoms with Crippen LogP contribution in [-0.2, 0) is 18.3 Å². The van der Waals surface area contributed by atoms with Gasteiger partial charge in [-0.15, -0.1) is 0 Å². The van der Waals surface area contributed by atoms with Crippen LogP contribution in [0.2, 0.25) is 0 Å². The molecule has 0 spiro atoms. The summed E-state index contributed by atoms with van der Waals surface area (Å²) in [5, 5.41) is 1.46. The van der Waals surface area contributed by atoms with E-state index in [4.69, 9.17) is 0 Å². The maximum atomic E-state index is 12.8. The lowest BCUT2D eigenvalue weighted by molar-refractivity contribution is -0.140. The Labute approximate surface area is 109 Å². The lowest BCUT2D eigenvalue weighted by Gasteiger charge is -2.28. The molecule has 1 atom stereocenters. The van der Waals surface area contributed by atoms with Crippen LogP contribution in [0, 0.1) is 0 Å². The van der Waals surface area contributed by atoms with Crippen LogP contribution in [0.25, 0.3) is 0 Å². The van der Waals surface area contributed by atoms with Gasteiger partial charge in [0.25, 0.3) is 0 Å². The molecule has 0 radical (unpaired) electrons. The van der Waals surface area contributed by atoms with Crippen LogP contribution in [0.3, 0.4) is 0 Å². The molecule has 0 aliphatic heterocycles. The summed E-state index contributed by atoms with van der Waals surface area (Å²) >= 11 is 0. The van der Waals surface area contributed by atoms with Gasteiger partial charge in [0.1, 0.15) is 5.60 Å². The summed E-state index contributed by atoms with van der Waals surface area (Å²) in [7, 11) is -2.99. The maximum Gasteiger partial charge on any atom is 0.420 e. The van der Waals surface area contributed by atoms with E-state index in [1.165, 1.54) is 26.1 Å². The van der Waals surface area contributed by atoms with Gasteiger partial charge in [0.15, 0.2) is 0 Å². The molecule has 0 heterocycles. The average molecular weight is 307 g/mol. The smallest absolute Gasteiger partial charge is 0.420 e. The highest BCUT2D eigenvalue weighted by molar-refractivity contribution is 7.54. The molecular formula is C9H17F3NO5P. The molecule has 114 valence electrons. The van der Waals surface area contributed by atoms with Crippen LogP contribution >= 0.6 is 7.60 Å². The number of ether oxygens (including phenoxy) is 1. The Kier molecular flexibility index (Phi) is 5.85. The molecule has 0 aliphatic carbocycles. The molecule has 0 saturated carbocycles. The highest BCUT2D eigenvalue weighted by atomic mass is 31.2. The number of hydrogen-bond acceptors (Lipinski definition) is 5. The predicted octanol–water partition coefficient (Wildman–Crippen LogP) is 2.89. The number of halogens is 3. The standard InChI is InChI=1S/C9H17F3NO5P/c1-8(2,3)18-7(14)13-6(9(10,11)12)19(15,16-4)17-5/h6H,1-5H3,(H,13,14). The van der Waals surface area contributed by atoms with Gasteiger partial charge in [0, 0.05) is 14.2 Å². The van der Waals surface area contributed by atoms with Crippen molar-refractivity contribution in [1.29, 1.82) is 0 Å². The Morgan fingerprint density at radius 3 is 1.84 bits per heavy atom. The predicted molar refractivity (Wildman–Crippen MR) is 60.8 cm³/mol. The average Bonchev–Trinajstić information content (AvgIpc) is 2.21. The van der Waals surface area contributed by atoms with Crippen LogP contribution in [0.15, 0.2) is 0 Å². The lowest BCUT2D eigenvalue weighted by Crippen LogP contribution is -2.47. The first kappa shape index (κ1) is 18.2. The van der Waals surface area contributed by atoms with E-state index in [1.807, 2.05) is 0 Å². The molecule has 1 unspecified atom stereocenters. The van der Waals surface area contributed by atoms with Crippen molar-refractivity contribution in [2.24, 2.45) is 0 Å². The van der Waals surface area contributed by atoms with Gasteiger partial charge >= 0.3 is 19.9 Å². The minimum absolute atomic E-state index is 0.791. The fourth-order valence-corrected chi connectivity index (χ4v) is 2.24. The molecular weight excluding hydrogens is 290 g/mol. The lowest BCUT2D eigenvalue weighted by atomic mass is 10.2. The molecule has 19 heavy (non-hydrogen) atoms. The number of carbonyl (C=O) groups excluding carboxylic acids is 1. The first-order valence-electron chi connectivity index (χ1n) is 5.13. The topological polar surface area (TPSA) is 73.9 Å². The van der Waals surface area contributed by atoms with E-state index in [0.29, 0.717) is 0 Å². The molecule has 0 rings (SSSR count). The summed E-state index contributed by atoms with van der Waals surface area (Å²) < 4.78 is 63.3. The summed E-state index contributed by atoms with van der Waals surface area (Å²) in [4.78, 5) is 11.3. The second-order valence-corrected chi connectivity index (χ2v) is 6.82. The second kappa shape index (κ2) is 6.11. The van der Waals surface area contributed by atoms with Crippen LogP contribution < -0.4 is 5.32 Å². The van der Waals surface area contributed by atoms with Crippen molar-refractivity contribution in [2.75, 3.05) is 14.2 Å². The van der Waals surface area contributed by atoms with Crippen molar-refractivity contribution < 1.29 is 36.3 Å². The minimum atomic E-state index is -5.02. The summed E-state index contributed by atoms with van der Waals surface area (Å²) in [6.07, 6.45) is -6.39. The Balaban J connectivity index is 5.12. The maximum absolute atomic E-state index is 12.8. The Hall–Kier alpha value is -0.790. The fourth-order valence-electron chi connectivity index (χ4n) is 1.04. The molecule has 0 aliphatic rings. The fraction of sp³-hybridized carbons (Fsp3) is 0.889. The van der Waals surface area contributed by atoms with E-state index < -0.39 is 31.2 Å². The van der Waals surface area contributed by atoms with Crippen LogP contribution in [0.4, 0.5) is 18.0 Å². The van der Waals surface area contributed by atoms with Crippen molar-refractivity contribution in [2.45, 2.75) is 38.3 Å². The van der Waals surface area contributed by atoms with Gasteiger partial charge < -0.3 is 13.8 Å². The van der Waals surface area contributed by atoms with Crippen LogP contribution in [0.1, 0.15) is 20.8 Å². The van der Waals surface area contributed by atoms with Crippen molar-refractivity contribution in [1.82, 2.24) is 5.32 Å². The number of alkyl carbamates (subject to hydrolysis) is 1. The molecule has 1 N–H and O–H groups in total. The molecule has 0 aromatic heterocycles. The molecule has 0 saturated heterocycles. The van der Waals surface area contributed by atoms with Crippen LogP contribution in [0.5, 0.6) is 0 Å². The van der Waals surface area contributed by atoms with Crippen molar-refractivity contribution in [3.63, 3.8) is 0 Å². The molecule has 0 bridgehead atoms. The molecule has 1 amide bonds. The van der Waals surface area contributed by atoms with Gasteiger partial charge in [-0.1, -0.05) is 0 Å². The van der Waals surface area contributed by atoms with Crippen molar-refractivity contribution in [3.05, 3.63) is 0 Å². The van der Waals surface area contributed by atoms with E-state index in [-0.39, 0.29) is 0 Å². The Morgan fingerprint density at radius 2 is 1.58 bits per heavy atom. The summed E-state index contributed by atoms with van der Waals surface area (Å²) in [5.74, 6) is -2.80. The van der Waals surface area contributed by atoms with E-state index in [9.17, 15) is 22.5 Å². The van der Waals surface area contributed by atoms with E-state index in [0.717, 1.165) is 14.2 Å². The zero-order valence-corrected chi connectivity index (χ0v) is 12.1. The summed E-state index contributed by atoms with van der Waals surface area (Å²) in [6, 6.07) is 0. The van der Waals surface area contributed by atoms with E-state index >= 15 is 0 Å². The molecule has 6 nitrogen and oxygen atoms in total. The molecule has 0 aromatic rings. The molecule has 0 aromatic carbocycles. The van der Waals surface area contributed by atoms with E-state index in [1.54, 1.807) is 0 Å². The summed E-state index contributed by atoms with van der Waals surface area (Å²) in [6.45, 7) is 4.42. The van der Waals surface area contributed by atoms with Gasteiger partial charge in [-0.25, -0.2) is 4.79 Å². The molecule has 0 fully saturated rings. The minimum Gasteiger partial charge on any atom is -0.444 e. The van der Waals surface area contributed by atoms with E-state index in [2.05, 4.69) is 13.8 Å². The Morgan fingerprint density at radius 1 is 1.16 bits per heavy atom. The number of carbonyl (C=O) groups is 1. The normalized spacial score (nSPS) is 14.9. The SMILES string of the molecule is COP(=O)(OC)C(NC(=O)OC(C)(C)C)C(F)(F)F. The number of rotatable bonds is 4. The Bertz CT molecular complexity index is 358. The number of nitrogens with one attached hydrogen (secondary N) is 1. The molecule has 10 heteroatoms. The number of alkyl halides is 3. The highest BCUT2D eigenvalue weighted by Gasteiger charge is 2.54. The van der Waals surface area contributed by atoms with Gasteiger partial charge in [0.05, 0.1) is 0 Å². The first-order chi connectivity index (χ1) is 8.35. The monoisotopic (exact) mass is 307 g/mol. The van der Waals surface area contributed by atoms with Gasteiger partial charge in [0.2, 0.25) is 5.78 Å². The summed E-state index contributed by atoms with van der Waals surface area (Å²) in [5.41, 5.74) is -0.996. The van der Waals surface area contributed by atoms with Crippen molar-refractivity contribution >= 4 is 13.7 Å². The largest absolute Gasteiger partial charge is 0.444 e. The number of amides is 1. The third kappa shape index (κ3) is 5.80. The zero-order chi connectivity index (χ0) is 15.5. The van der Waals surface area contributed by atoms with Crippen LogP contribution in [-0.4, -0.2) is 37.9 Å². The van der Waals surface area contributed by atoms with Gasteiger partial charge in [-0.2, -0.15) is 13.2 Å². The third-order valence-corrected chi connectivity index (χ3v) is 3.86.